The molecule has 0 aromatic heterocycles. The zero-order chi connectivity index (χ0) is 14.3. The van der Waals surface area contributed by atoms with Crippen molar-refractivity contribution in [1.29, 1.82) is 0 Å². The lowest BCUT2D eigenvalue weighted by Gasteiger charge is -2.39. The van der Waals surface area contributed by atoms with Gasteiger partial charge in [-0.25, -0.2) is 0 Å². The van der Waals surface area contributed by atoms with Gasteiger partial charge in [0.1, 0.15) is 16.5 Å². The first kappa shape index (κ1) is 14.9. The number of imide groups is 1. The maximum atomic E-state index is 11.6. The van der Waals surface area contributed by atoms with Crippen molar-refractivity contribution in [2.24, 2.45) is 0 Å². The molecule has 0 spiro atoms. The third kappa shape index (κ3) is 3.00. The molecule has 0 N–H and O–H groups in total. The smallest absolute Gasteiger partial charge is 0.229 e. The van der Waals surface area contributed by atoms with Crippen molar-refractivity contribution < 1.29 is 9.59 Å². The Hall–Kier alpha value is -0.466. The lowest BCUT2D eigenvalue weighted by atomic mass is 10.4. The summed E-state index contributed by atoms with van der Waals surface area (Å²) in [5, 5.41) is 0. The van der Waals surface area contributed by atoms with Gasteiger partial charge in [-0.2, -0.15) is 0 Å². The number of hydrogen-bond acceptors (Lipinski definition) is 3. The average Bonchev–Trinajstić information content (AvgIpc) is 2.72. The first-order valence-corrected chi connectivity index (χ1v) is 13.7. The fourth-order valence-corrected chi connectivity index (χ4v) is 17.8. The molecule has 19 heavy (non-hydrogen) atoms. The fourth-order valence-electron chi connectivity index (χ4n) is 3.57. The molecule has 0 bridgehead atoms. The Morgan fingerprint density at radius 3 is 1.84 bits per heavy atom. The number of rotatable bonds is 4. The van der Waals surface area contributed by atoms with E-state index in [0.717, 1.165) is 13.0 Å². The van der Waals surface area contributed by atoms with Crippen LogP contribution in [0, 0.1) is 0 Å². The molecule has 4 nitrogen and oxygen atoms in total. The van der Waals surface area contributed by atoms with E-state index in [1.54, 1.807) is 0 Å². The third-order valence-corrected chi connectivity index (χ3v) is 15.2. The second-order valence-electron chi connectivity index (χ2n) is 7.07. The highest BCUT2D eigenvalue weighted by Crippen LogP contribution is 2.36. The first-order chi connectivity index (χ1) is 8.74. The number of carbonyl (C=O) groups excluding carboxylic acids is 2. The van der Waals surface area contributed by atoms with Crippen LogP contribution in [0.3, 0.4) is 0 Å². The molecule has 2 saturated heterocycles. The van der Waals surface area contributed by atoms with E-state index in [2.05, 4.69) is 30.4 Å². The highest BCUT2D eigenvalue weighted by molar-refractivity contribution is 6.95. The van der Waals surface area contributed by atoms with E-state index in [-0.39, 0.29) is 11.8 Å². The molecule has 2 heterocycles. The normalized spacial score (nSPS) is 26.4. The summed E-state index contributed by atoms with van der Waals surface area (Å²) in [6.07, 6.45) is 1.79. The molecule has 0 aromatic carbocycles. The van der Waals surface area contributed by atoms with Crippen LogP contribution in [-0.4, -0.2) is 50.5 Å². The van der Waals surface area contributed by atoms with Gasteiger partial charge in [-0.3, -0.25) is 14.5 Å². The van der Waals surface area contributed by atoms with E-state index >= 15 is 0 Å². The third-order valence-electron chi connectivity index (χ3n) is 4.73. The Morgan fingerprint density at radius 2 is 1.37 bits per heavy atom. The second-order valence-corrected chi connectivity index (χ2v) is 16.8. The molecule has 0 radical (unpaired) electrons. The fraction of sp³-hybridized carbons (Fsp3) is 0.846. The van der Waals surface area contributed by atoms with Gasteiger partial charge in [0.15, 0.2) is 0 Å². The van der Waals surface area contributed by atoms with Crippen LogP contribution >= 0.6 is 0 Å². The molecule has 0 atom stereocenters. The highest BCUT2D eigenvalue weighted by atomic mass is 28.4. The summed E-state index contributed by atoms with van der Waals surface area (Å²) in [6, 6.07) is 2.82. The van der Waals surface area contributed by atoms with Gasteiger partial charge in [0, 0.05) is 19.4 Å². The summed E-state index contributed by atoms with van der Waals surface area (Å²) in [7, 11) is -2.42. The summed E-state index contributed by atoms with van der Waals surface area (Å²) < 4.78 is 2.81. The summed E-state index contributed by atoms with van der Waals surface area (Å²) >= 11 is 0. The molecule has 6 heteroatoms. The van der Waals surface area contributed by atoms with Crippen LogP contribution in [0.4, 0.5) is 0 Å². The van der Waals surface area contributed by atoms with Gasteiger partial charge in [0.05, 0.1) is 0 Å². The van der Waals surface area contributed by atoms with Crippen molar-refractivity contribution in [2.45, 2.75) is 57.5 Å². The molecule has 2 aliphatic heterocycles. The summed E-state index contributed by atoms with van der Waals surface area (Å²) in [4.78, 5) is 24.6. The van der Waals surface area contributed by atoms with Crippen LogP contribution in [0.15, 0.2) is 0 Å². The van der Waals surface area contributed by atoms with Crippen LogP contribution < -0.4 is 0 Å². The minimum absolute atomic E-state index is 0.0273. The van der Waals surface area contributed by atoms with E-state index in [4.69, 9.17) is 0 Å². The van der Waals surface area contributed by atoms with Gasteiger partial charge < -0.3 is 4.23 Å². The van der Waals surface area contributed by atoms with Gasteiger partial charge in [0.25, 0.3) is 0 Å². The predicted molar refractivity (Wildman–Crippen MR) is 81.9 cm³/mol. The second kappa shape index (κ2) is 5.14. The maximum Gasteiger partial charge on any atom is 0.229 e. The minimum Gasteiger partial charge on any atom is -0.345 e. The lowest BCUT2D eigenvalue weighted by molar-refractivity contribution is -0.138. The Kier molecular flexibility index (Phi) is 4.04. The van der Waals surface area contributed by atoms with Gasteiger partial charge in [0.2, 0.25) is 11.8 Å². The molecular weight excluding hydrogens is 272 g/mol. The quantitative estimate of drug-likeness (QED) is 0.590. The molecule has 0 aliphatic carbocycles. The van der Waals surface area contributed by atoms with Crippen LogP contribution in [0.2, 0.25) is 38.3 Å². The maximum absolute atomic E-state index is 11.6. The Morgan fingerprint density at radius 1 is 0.895 bits per heavy atom. The van der Waals surface area contributed by atoms with Crippen molar-refractivity contribution in [1.82, 2.24) is 9.13 Å². The predicted octanol–water partition coefficient (Wildman–Crippen LogP) is 2.25. The first-order valence-electron chi connectivity index (χ1n) is 7.35. The largest absolute Gasteiger partial charge is 0.345 e. The molecular formula is C13H26N2O2Si2. The van der Waals surface area contributed by atoms with Crippen LogP contribution in [-0.2, 0) is 9.59 Å². The molecule has 0 saturated carbocycles. The van der Waals surface area contributed by atoms with Crippen molar-refractivity contribution in [3.05, 3.63) is 0 Å². The van der Waals surface area contributed by atoms with Crippen molar-refractivity contribution >= 4 is 28.3 Å². The van der Waals surface area contributed by atoms with Crippen LogP contribution in [0.25, 0.3) is 0 Å². The Bertz CT molecular complexity index is 364. The zero-order valence-corrected chi connectivity index (χ0v) is 14.7. The van der Waals surface area contributed by atoms with E-state index in [1.807, 2.05) is 0 Å². The molecule has 2 aliphatic rings. The molecule has 0 aromatic rings. The van der Waals surface area contributed by atoms with Crippen molar-refractivity contribution in [3.8, 4) is 0 Å². The molecule has 2 rings (SSSR count). The molecule has 2 amide bonds. The number of nitrogens with zero attached hydrogens (tertiary/aromatic N) is 2. The highest BCUT2D eigenvalue weighted by Gasteiger charge is 2.46. The number of likely N-dealkylation sites (tertiary alicyclic amines) is 1. The average molecular weight is 299 g/mol. The van der Waals surface area contributed by atoms with E-state index in [1.165, 1.54) is 17.0 Å². The van der Waals surface area contributed by atoms with Gasteiger partial charge in [-0.1, -0.05) is 26.2 Å². The summed E-state index contributed by atoms with van der Waals surface area (Å²) in [5.74, 6) is 0.0545. The van der Waals surface area contributed by atoms with E-state index < -0.39 is 16.5 Å². The molecule has 2 fully saturated rings. The van der Waals surface area contributed by atoms with Gasteiger partial charge in [-0.15, -0.1) is 0 Å². The zero-order valence-electron chi connectivity index (χ0n) is 12.7. The monoisotopic (exact) mass is 298 g/mol. The van der Waals surface area contributed by atoms with E-state index in [0.29, 0.717) is 19.4 Å². The molecule has 108 valence electrons. The van der Waals surface area contributed by atoms with Crippen LogP contribution in [0.1, 0.15) is 19.3 Å². The Balaban J connectivity index is 1.88. The topological polar surface area (TPSA) is 40.6 Å². The summed E-state index contributed by atoms with van der Waals surface area (Å²) in [5.41, 5.74) is 0. The van der Waals surface area contributed by atoms with Crippen LogP contribution in [0.5, 0.6) is 0 Å². The number of amides is 2. The standard InChI is InChI=1S/C13H26N2O2Si2/c1-18(2)10-11-19(3,4)15(18)9-5-8-14-12(16)6-7-13(14)17/h5-11H2,1-4H3. The minimum atomic E-state index is -1.21. The van der Waals surface area contributed by atoms with Crippen molar-refractivity contribution in [2.75, 3.05) is 13.1 Å². The SMILES string of the molecule is C[Si]1(C)CC[Si](C)(C)N1CCCN1C(=O)CCC1=O. The van der Waals surface area contributed by atoms with Gasteiger partial charge >= 0.3 is 0 Å². The number of carbonyl (C=O) groups is 2. The Labute approximate surface area is 118 Å². The summed E-state index contributed by atoms with van der Waals surface area (Å²) in [6.45, 7) is 11.5. The number of hydrogen-bond donors (Lipinski definition) is 0. The van der Waals surface area contributed by atoms with Crippen molar-refractivity contribution in [3.63, 3.8) is 0 Å². The lowest BCUT2D eigenvalue weighted by Crippen LogP contribution is -2.55. The van der Waals surface area contributed by atoms with E-state index in [9.17, 15) is 9.59 Å². The van der Waals surface area contributed by atoms with Gasteiger partial charge in [-0.05, 0) is 25.1 Å². The molecule has 0 unspecified atom stereocenters.